The van der Waals surface area contributed by atoms with Gasteiger partial charge in [-0.05, 0) is 56.5 Å². The van der Waals surface area contributed by atoms with Crippen molar-refractivity contribution < 1.29 is 14.4 Å². The Morgan fingerprint density at radius 2 is 1.85 bits per heavy atom. The van der Waals surface area contributed by atoms with Gasteiger partial charge < -0.3 is 10.2 Å². The van der Waals surface area contributed by atoms with E-state index in [1.165, 1.54) is 17.7 Å². The molecule has 27 heavy (non-hydrogen) atoms. The summed E-state index contributed by atoms with van der Waals surface area (Å²) in [6.07, 6.45) is 4.22. The van der Waals surface area contributed by atoms with Gasteiger partial charge in [0, 0.05) is 25.2 Å². The molecule has 1 aromatic carbocycles. The molecule has 0 radical (unpaired) electrons. The first kappa shape index (κ1) is 19.5. The minimum Gasteiger partial charge on any atom is -0.352 e. The summed E-state index contributed by atoms with van der Waals surface area (Å²) >= 11 is 0. The van der Waals surface area contributed by atoms with Crippen molar-refractivity contribution in [3.05, 3.63) is 34.9 Å². The van der Waals surface area contributed by atoms with Crippen LogP contribution in [0.4, 0.5) is 0 Å². The highest BCUT2D eigenvalue weighted by molar-refractivity contribution is 6.22. The number of nitrogens with zero attached hydrogens (tertiary/aromatic N) is 2. The molecule has 1 unspecified atom stereocenters. The maximum atomic E-state index is 12.5. The van der Waals surface area contributed by atoms with E-state index in [4.69, 9.17) is 0 Å². The molecule has 146 valence electrons. The second kappa shape index (κ2) is 8.65. The van der Waals surface area contributed by atoms with Crippen LogP contribution in [0, 0.1) is 5.92 Å². The van der Waals surface area contributed by atoms with Crippen molar-refractivity contribution in [1.29, 1.82) is 0 Å². The number of imide groups is 1. The van der Waals surface area contributed by atoms with E-state index in [9.17, 15) is 14.4 Å². The van der Waals surface area contributed by atoms with E-state index >= 15 is 0 Å². The van der Waals surface area contributed by atoms with Crippen LogP contribution in [-0.4, -0.2) is 60.2 Å². The number of benzene rings is 1. The quantitative estimate of drug-likeness (QED) is 0.713. The minimum atomic E-state index is -0.291. The lowest BCUT2D eigenvalue weighted by molar-refractivity contribution is 0.0652. The lowest BCUT2D eigenvalue weighted by Gasteiger charge is -2.20. The number of carbonyl (C=O) groups excluding carboxylic acids is 3. The summed E-state index contributed by atoms with van der Waals surface area (Å²) in [5.74, 6) is -0.373. The Morgan fingerprint density at radius 3 is 2.56 bits per heavy atom. The molecule has 0 aliphatic carbocycles. The van der Waals surface area contributed by atoms with Gasteiger partial charge in [-0.3, -0.25) is 19.3 Å². The number of unbranched alkanes of at least 4 members (excludes halogenated alkanes) is 1. The molecule has 1 N–H and O–H groups in total. The van der Waals surface area contributed by atoms with Gasteiger partial charge in [0.1, 0.15) is 0 Å². The van der Waals surface area contributed by atoms with Gasteiger partial charge in [0.05, 0.1) is 11.1 Å². The molecule has 3 amide bonds. The van der Waals surface area contributed by atoms with E-state index in [0.717, 1.165) is 32.5 Å². The summed E-state index contributed by atoms with van der Waals surface area (Å²) in [5.41, 5.74) is 1.17. The largest absolute Gasteiger partial charge is 0.352 e. The fourth-order valence-corrected chi connectivity index (χ4v) is 3.79. The summed E-state index contributed by atoms with van der Waals surface area (Å²) in [6, 6.07) is 4.79. The van der Waals surface area contributed by atoms with Crippen LogP contribution in [-0.2, 0) is 0 Å². The van der Waals surface area contributed by atoms with E-state index < -0.39 is 0 Å². The van der Waals surface area contributed by atoms with Crippen molar-refractivity contribution >= 4 is 17.7 Å². The van der Waals surface area contributed by atoms with Crippen molar-refractivity contribution in [3.63, 3.8) is 0 Å². The normalized spacial score (nSPS) is 18.1. The monoisotopic (exact) mass is 371 g/mol. The third-order valence-corrected chi connectivity index (χ3v) is 5.35. The molecule has 0 saturated carbocycles. The summed E-state index contributed by atoms with van der Waals surface area (Å²) in [7, 11) is 0. The first-order chi connectivity index (χ1) is 13.0. The van der Waals surface area contributed by atoms with Gasteiger partial charge in [-0.15, -0.1) is 0 Å². The molecule has 6 heteroatoms. The smallest absolute Gasteiger partial charge is 0.261 e. The van der Waals surface area contributed by atoms with Crippen LogP contribution < -0.4 is 5.32 Å². The molecule has 1 saturated heterocycles. The average molecular weight is 371 g/mol. The molecule has 0 bridgehead atoms. The van der Waals surface area contributed by atoms with Crippen molar-refractivity contribution in [2.24, 2.45) is 5.92 Å². The fraction of sp³-hybridized carbons (Fsp3) is 0.571. The number of nitrogens with one attached hydrogen (secondary N) is 1. The average Bonchev–Trinajstić information content (AvgIpc) is 3.25. The first-order valence-corrected chi connectivity index (χ1v) is 10.0. The lowest BCUT2D eigenvalue weighted by Crippen LogP contribution is -2.34. The summed E-state index contributed by atoms with van der Waals surface area (Å²) in [5, 5.41) is 2.96. The molecule has 0 spiro atoms. The molecule has 3 rings (SSSR count). The molecule has 1 fully saturated rings. The van der Waals surface area contributed by atoms with Crippen LogP contribution >= 0.6 is 0 Å². The second-order valence-electron chi connectivity index (χ2n) is 7.70. The molecule has 1 atom stereocenters. The predicted octanol–water partition coefficient (Wildman–Crippen LogP) is 2.54. The van der Waals surface area contributed by atoms with Gasteiger partial charge in [-0.2, -0.15) is 0 Å². The van der Waals surface area contributed by atoms with E-state index in [1.54, 1.807) is 18.2 Å². The van der Waals surface area contributed by atoms with Crippen molar-refractivity contribution in [3.8, 4) is 0 Å². The van der Waals surface area contributed by atoms with E-state index in [-0.39, 0.29) is 17.7 Å². The first-order valence-electron chi connectivity index (χ1n) is 10.0. The second-order valence-corrected chi connectivity index (χ2v) is 7.70. The maximum Gasteiger partial charge on any atom is 0.261 e. The Hall–Kier alpha value is -2.21. The standard InChI is InChI=1S/C21H29N3O3/c1-3-4-11-24-20(26)17-8-7-16(12-18(17)21(24)27)19(25)22-13-15(2)14-23-9-5-6-10-23/h7-8,12,15H,3-6,9-11,13-14H2,1-2H3,(H,22,25). The molecule has 2 heterocycles. The molecule has 0 aromatic heterocycles. The number of rotatable bonds is 8. The minimum absolute atomic E-state index is 0.196. The van der Waals surface area contributed by atoms with Crippen LogP contribution in [0.15, 0.2) is 18.2 Å². The highest BCUT2D eigenvalue weighted by Crippen LogP contribution is 2.24. The van der Waals surface area contributed by atoms with Gasteiger partial charge in [0.25, 0.3) is 17.7 Å². The number of hydrogen-bond donors (Lipinski definition) is 1. The maximum absolute atomic E-state index is 12.5. The van der Waals surface area contributed by atoms with Gasteiger partial charge in [-0.1, -0.05) is 20.3 Å². The fourth-order valence-electron chi connectivity index (χ4n) is 3.79. The highest BCUT2D eigenvalue weighted by Gasteiger charge is 2.35. The number of carbonyl (C=O) groups is 3. The Kier molecular flexibility index (Phi) is 6.26. The summed E-state index contributed by atoms with van der Waals surface area (Å²) in [6.45, 7) is 8.46. The zero-order valence-electron chi connectivity index (χ0n) is 16.3. The molecular formula is C21H29N3O3. The van der Waals surface area contributed by atoms with Crippen LogP contribution in [0.1, 0.15) is 70.6 Å². The SMILES string of the molecule is CCCCN1C(=O)c2ccc(C(=O)NCC(C)CN3CCCC3)cc2C1=O. The number of fused-ring (bicyclic) bond motifs is 1. The van der Waals surface area contributed by atoms with E-state index in [2.05, 4.69) is 17.1 Å². The van der Waals surface area contributed by atoms with Gasteiger partial charge in [0.2, 0.25) is 0 Å². The summed E-state index contributed by atoms with van der Waals surface area (Å²) < 4.78 is 0. The number of amides is 3. The Balaban J connectivity index is 1.60. The molecule has 2 aliphatic heterocycles. The summed E-state index contributed by atoms with van der Waals surface area (Å²) in [4.78, 5) is 41.1. The van der Waals surface area contributed by atoms with Crippen LogP contribution in [0.2, 0.25) is 0 Å². The third-order valence-electron chi connectivity index (χ3n) is 5.35. The van der Waals surface area contributed by atoms with Crippen LogP contribution in [0.25, 0.3) is 0 Å². The van der Waals surface area contributed by atoms with Gasteiger partial charge in [-0.25, -0.2) is 0 Å². The van der Waals surface area contributed by atoms with Crippen molar-refractivity contribution in [1.82, 2.24) is 15.1 Å². The highest BCUT2D eigenvalue weighted by atomic mass is 16.2. The lowest BCUT2D eigenvalue weighted by atomic mass is 10.0. The molecule has 1 aromatic rings. The Labute approximate surface area is 160 Å². The predicted molar refractivity (Wildman–Crippen MR) is 104 cm³/mol. The van der Waals surface area contributed by atoms with Gasteiger partial charge in [0.15, 0.2) is 0 Å². The van der Waals surface area contributed by atoms with Crippen LogP contribution in [0.3, 0.4) is 0 Å². The Morgan fingerprint density at radius 1 is 1.15 bits per heavy atom. The molecule has 6 nitrogen and oxygen atoms in total. The zero-order chi connectivity index (χ0) is 19.4. The number of likely N-dealkylation sites (tertiary alicyclic amines) is 1. The zero-order valence-corrected chi connectivity index (χ0v) is 16.3. The molecule has 2 aliphatic rings. The van der Waals surface area contributed by atoms with Gasteiger partial charge >= 0.3 is 0 Å². The topological polar surface area (TPSA) is 69.7 Å². The van der Waals surface area contributed by atoms with Crippen LogP contribution in [0.5, 0.6) is 0 Å². The van der Waals surface area contributed by atoms with Crippen molar-refractivity contribution in [2.45, 2.75) is 39.5 Å². The third kappa shape index (κ3) is 4.38. The van der Waals surface area contributed by atoms with E-state index in [0.29, 0.717) is 35.7 Å². The molecular weight excluding hydrogens is 342 g/mol. The van der Waals surface area contributed by atoms with Crippen molar-refractivity contribution in [2.75, 3.05) is 32.7 Å². The van der Waals surface area contributed by atoms with E-state index in [1.807, 2.05) is 6.92 Å². The Bertz CT molecular complexity index is 725. The number of hydrogen-bond acceptors (Lipinski definition) is 4.